The smallest absolute Gasteiger partial charge is 0.259 e. The molecule has 0 aliphatic carbocycles. The Hall–Kier alpha value is -2.61. The van der Waals surface area contributed by atoms with E-state index in [1.165, 1.54) is 6.07 Å². The van der Waals surface area contributed by atoms with Gasteiger partial charge in [-0.1, -0.05) is 19.8 Å². The summed E-state index contributed by atoms with van der Waals surface area (Å²) in [5.74, 6) is -0.817. The Morgan fingerprint density at radius 1 is 1.19 bits per heavy atom. The van der Waals surface area contributed by atoms with Crippen molar-refractivity contribution in [3.8, 4) is 0 Å². The van der Waals surface area contributed by atoms with Crippen LogP contribution in [0.3, 0.4) is 0 Å². The van der Waals surface area contributed by atoms with E-state index >= 15 is 0 Å². The summed E-state index contributed by atoms with van der Waals surface area (Å²) in [7, 11) is 0. The molecule has 0 saturated heterocycles. The second-order valence-electron chi connectivity index (χ2n) is 7.34. The fraction of sp³-hybridized carbons (Fsp3) is 0.522. The van der Waals surface area contributed by atoms with Gasteiger partial charge in [-0.15, -0.1) is 0 Å². The van der Waals surface area contributed by atoms with Crippen LogP contribution >= 0.6 is 0 Å². The summed E-state index contributed by atoms with van der Waals surface area (Å²) in [6.07, 6.45) is 5.83. The Bertz CT molecular complexity index is 870. The number of carbonyl (C=O) groups is 2. The molecular formula is C23H31F2N3O3. The summed E-state index contributed by atoms with van der Waals surface area (Å²) in [6, 6.07) is 3.27. The van der Waals surface area contributed by atoms with Gasteiger partial charge in [0.25, 0.3) is 5.91 Å². The van der Waals surface area contributed by atoms with Crippen molar-refractivity contribution >= 4 is 18.5 Å². The first-order valence-corrected chi connectivity index (χ1v) is 10.8. The molecular weight excluding hydrogens is 404 g/mol. The number of carbonyl (C=O) groups excluding carboxylic acids is 2. The van der Waals surface area contributed by atoms with Gasteiger partial charge in [0.2, 0.25) is 0 Å². The highest BCUT2D eigenvalue weighted by atomic mass is 19.2. The van der Waals surface area contributed by atoms with Crippen molar-refractivity contribution in [2.45, 2.75) is 65.5 Å². The normalized spacial score (nSPS) is 13.0. The first kappa shape index (κ1) is 24.7. The van der Waals surface area contributed by atoms with E-state index in [4.69, 9.17) is 14.5 Å². The number of amides is 1. The highest BCUT2D eigenvalue weighted by molar-refractivity contribution is 6.05. The summed E-state index contributed by atoms with van der Waals surface area (Å²) in [5.41, 5.74) is 1.00. The molecule has 3 rings (SSSR count). The van der Waals surface area contributed by atoms with Crippen LogP contribution in [0.1, 0.15) is 67.8 Å². The van der Waals surface area contributed by atoms with Crippen LogP contribution in [0.5, 0.6) is 0 Å². The van der Waals surface area contributed by atoms with Gasteiger partial charge in [-0.25, -0.2) is 13.8 Å². The van der Waals surface area contributed by atoms with Crippen molar-refractivity contribution in [1.29, 1.82) is 0 Å². The van der Waals surface area contributed by atoms with Gasteiger partial charge in [0, 0.05) is 31.7 Å². The summed E-state index contributed by atoms with van der Waals surface area (Å²) in [6.45, 7) is 8.22. The molecule has 1 aromatic carbocycles. The molecule has 0 atom stereocenters. The number of hydrogen-bond acceptors (Lipinski definition) is 4. The summed E-state index contributed by atoms with van der Waals surface area (Å²) >= 11 is 0. The van der Waals surface area contributed by atoms with Crippen LogP contribution in [0.25, 0.3) is 0 Å². The Kier molecular flexibility index (Phi) is 9.78. The molecule has 0 N–H and O–H groups in total. The van der Waals surface area contributed by atoms with Crippen LogP contribution in [0.4, 0.5) is 14.6 Å². The monoisotopic (exact) mass is 435 g/mol. The largest absolute Gasteiger partial charge is 0.375 e. The average molecular weight is 436 g/mol. The van der Waals surface area contributed by atoms with E-state index in [1.54, 1.807) is 4.90 Å². The third-order valence-corrected chi connectivity index (χ3v) is 5.26. The lowest BCUT2D eigenvalue weighted by atomic mass is 10.1. The van der Waals surface area contributed by atoms with E-state index in [1.807, 2.05) is 20.6 Å². The summed E-state index contributed by atoms with van der Waals surface area (Å²) in [4.78, 5) is 27.7. The quantitative estimate of drug-likeness (QED) is 0.604. The molecule has 0 radical (unpaired) electrons. The topological polar surface area (TPSA) is 64.4 Å². The second-order valence-corrected chi connectivity index (χ2v) is 7.34. The third-order valence-electron chi connectivity index (χ3n) is 5.26. The van der Waals surface area contributed by atoms with Crippen molar-refractivity contribution < 1.29 is 23.1 Å². The Morgan fingerprint density at radius 2 is 1.97 bits per heavy atom. The van der Waals surface area contributed by atoms with Gasteiger partial charge in [0.05, 0.1) is 12.3 Å². The van der Waals surface area contributed by atoms with Crippen LogP contribution in [-0.4, -0.2) is 35.4 Å². The van der Waals surface area contributed by atoms with E-state index in [9.17, 15) is 13.6 Å². The van der Waals surface area contributed by atoms with Gasteiger partial charge in [-0.05, 0) is 44.4 Å². The summed E-state index contributed by atoms with van der Waals surface area (Å²) in [5, 5.41) is 0. The van der Waals surface area contributed by atoms with Gasteiger partial charge in [-0.2, -0.15) is 0 Å². The molecule has 0 spiro atoms. The van der Waals surface area contributed by atoms with Gasteiger partial charge in [-0.3, -0.25) is 9.69 Å². The lowest BCUT2D eigenvalue weighted by Crippen LogP contribution is -2.33. The van der Waals surface area contributed by atoms with E-state index in [-0.39, 0.29) is 11.5 Å². The SMILES string of the molecule is C=O.CCCCN(C(=O)c1ccc(F)c(F)c1)c1nc2n(c1COCC)CCCCC2. The van der Waals surface area contributed by atoms with E-state index in [0.29, 0.717) is 25.6 Å². The number of hydrogen-bond donors (Lipinski definition) is 0. The fourth-order valence-electron chi connectivity index (χ4n) is 3.67. The van der Waals surface area contributed by atoms with Crippen molar-refractivity contribution in [3.63, 3.8) is 0 Å². The molecule has 8 heteroatoms. The first-order chi connectivity index (χ1) is 15.1. The third kappa shape index (κ3) is 5.97. The van der Waals surface area contributed by atoms with Gasteiger partial charge < -0.3 is 14.1 Å². The average Bonchev–Trinajstić information content (AvgIpc) is 2.95. The first-order valence-electron chi connectivity index (χ1n) is 10.8. The van der Waals surface area contributed by atoms with Crippen LogP contribution in [0.2, 0.25) is 0 Å². The molecule has 1 aromatic heterocycles. The molecule has 2 aromatic rings. The van der Waals surface area contributed by atoms with Crippen molar-refractivity contribution in [3.05, 3.63) is 46.9 Å². The molecule has 6 nitrogen and oxygen atoms in total. The number of imidazole rings is 1. The zero-order valence-electron chi connectivity index (χ0n) is 18.3. The number of benzene rings is 1. The predicted octanol–water partition coefficient (Wildman–Crippen LogP) is 4.69. The van der Waals surface area contributed by atoms with Crippen molar-refractivity contribution in [2.24, 2.45) is 0 Å². The van der Waals surface area contributed by atoms with E-state index < -0.39 is 11.6 Å². The molecule has 31 heavy (non-hydrogen) atoms. The molecule has 0 fully saturated rings. The summed E-state index contributed by atoms with van der Waals surface area (Å²) < 4.78 is 35.0. The van der Waals surface area contributed by atoms with Crippen LogP contribution in [-0.2, 0) is 29.1 Å². The fourth-order valence-corrected chi connectivity index (χ4v) is 3.67. The van der Waals surface area contributed by atoms with Gasteiger partial charge in [0.15, 0.2) is 17.5 Å². The Balaban J connectivity index is 0.00000166. The van der Waals surface area contributed by atoms with E-state index in [0.717, 1.165) is 68.7 Å². The lowest BCUT2D eigenvalue weighted by Gasteiger charge is -2.22. The molecule has 0 saturated carbocycles. The van der Waals surface area contributed by atoms with Crippen LogP contribution < -0.4 is 4.90 Å². The molecule has 1 amide bonds. The minimum atomic E-state index is -1.03. The maximum atomic E-state index is 13.7. The number of unbranched alkanes of at least 4 members (excludes halogenated alkanes) is 1. The number of aryl methyl sites for hydroxylation is 1. The Labute approximate surface area is 182 Å². The maximum Gasteiger partial charge on any atom is 0.259 e. The van der Waals surface area contributed by atoms with Crippen molar-refractivity contribution in [2.75, 3.05) is 18.1 Å². The van der Waals surface area contributed by atoms with Gasteiger partial charge >= 0.3 is 0 Å². The molecule has 0 bridgehead atoms. The van der Waals surface area contributed by atoms with Crippen molar-refractivity contribution in [1.82, 2.24) is 9.55 Å². The lowest BCUT2D eigenvalue weighted by molar-refractivity contribution is -0.0980. The number of anilines is 1. The molecule has 170 valence electrons. The highest BCUT2D eigenvalue weighted by Gasteiger charge is 2.27. The maximum absolute atomic E-state index is 13.7. The van der Waals surface area contributed by atoms with Crippen LogP contribution in [0.15, 0.2) is 18.2 Å². The number of ether oxygens (including phenoxy) is 1. The zero-order chi connectivity index (χ0) is 22.8. The zero-order valence-corrected chi connectivity index (χ0v) is 18.3. The molecule has 2 heterocycles. The predicted molar refractivity (Wildman–Crippen MR) is 115 cm³/mol. The number of aromatic nitrogens is 2. The molecule has 1 aliphatic rings. The van der Waals surface area contributed by atoms with Gasteiger partial charge in [0.1, 0.15) is 12.6 Å². The van der Waals surface area contributed by atoms with E-state index in [2.05, 4.69) is 4.57 Å². The highest BCUT2D eigenvalue weighted by Crippen LogP contribution is 2.28. The standard InChI is InChI=1S/C22H29F2N3O2.CH2O/c1-3-5-12-27(22(28)16-10-11-17(23)18(24)14-16)21-19(15-29-4-2)26-13-8-6-7-9-20(26)25-21;1-2/h10-11,14H,3-9,12-13,15H2,1-2H3;1H2. The minimum Gasteiger partial charge on any atom is -0.375 e. The van der Waals surface area contributed by atoms with Crippen LogP contribution in [0, 0.1) is 11.6 Å². The number of fused-ring (bicyclic) bond motifs is 1. The number of nitrogens with zero attached hydrogens (tertiary/aromatic N) is 3. The second kappa shape index (κ2) is 12.3. The Morgan fingerprint density at radius 3 is 2.65 bits per heavy atom. The number of halogens is 2. The minimum absolute atomic E-state index is 0.116. The molecule has 0 unspecified atom stereocenters. The molecule has 1 aliphatic heterocycles. The number of rotatable bonds is 8.